The Bertz CT molecular complexity index is 673. The van der Waals surface area contributed by atoms with Crippen LogP contribution in [0.4, 0.5) is 5.82 Å². The molecule has 0 unspecified atom stereocenters. The van der Waals surface area contributed by atoms with Crippen molar-refractivity contribution in [1.82, 2.24) is 10.2 Å². The highest BCUT2D eigenvalue weighted by Gasteiger charge is 2.11. The molecule has 0 saturated carbocycles. The molecule has 2 aromatic rings. The molecule has 0 saturated heterocycles. The van der Waals surface area contributed by atoms with Gasteiger partial charge in [0.05, 0.1) is 0 Å². The molecule has 0 aliphatic carbocycles. The summed E-state index contributed by atoms with van der Waals surface area (Å²) < 4.78 is 0. The highest BCUT2D eigenvalue weighted by Crippen LogP contribution is 2.14. The standard InChI is InChI=1S/C15H13N3O2/c1-11-12(6-4-10-19)5-2-7-13(11)15(20)17-14-8-3-9-16-18-14/h2-3,5,7-9,19H,10H2,1H3,(H,17,18,20). The lowest BCUT2D eigenvalue weighted by atomic mass is 10.0. The second-order valence-electron chi connectivity index (χ2n) is 4.00. The molecule has 0 spiro atoms. The molecule has 0 radical (unpaired) electrons. The van der Waals surface area contributed by atoms with Crippen LogP contribution in [0, 0.1) is 18.8 Å². The van der Waals surface area contributed by atoms with Gasteiger partial charge in [-0.15, -0.1) is 5.10 Å². The second-order valence-corrected chi connectivity index (χ2v) is 4.00. The van der Waals surface area contributed by atoms with Crippen LogP contribution in [0.5, 0.6) is 0 Å². The average molecular weight is 267 g/mol. The van der Waals surface area contributed by atoms with E-state index in [1.54, 1.807) is 30.3 Å². The lowest BCUT2D eigenvalue weighted by molar-refractivity contribution is 0.102. The maximum atomic E-state index is 12.2. The summed E-state index contributed by atoms with van der Waals surface area (Å²) in [6.45, 7) is 1.60. The molecular formula is C15H13N3O2. The quantitative estimate of drug-likeness (QED) is 0.806. The van der Waals surface area contributed by atoms with Gasteiger partial charge in [0.2, 0.25) is 0 Å². The van der Waals surface area contributed by atoms with Crippen molar-refractivity contribution in [2.75, 3.05) is 11.9 Å². The van der Waals surface area contributed by atoms with Crippen LogP contribution in [-0.4, -0.2) is 27.8 Å². The molecule has 1 heterocycles. The van der Waals surface area contributed by atoms with Gasteiger partial charge in [0, 0.05) is 17.3 Å². The smallest absolute Gasteiger partial charge is 0.257 e. The van der Waals surface area contributed by atoms with Crippen LogP contribution in [-0.2, 0) is 0 Å². The molecular weight excluding hydrogens is 254 g/mol. The van der Waals surface area contributed by atoms with E-state index in [0.29, 0.717) is 16.9 Å². The number of rotatable bonds is 2. The number of aromatic nitrogens is 2. The lowest BCUT2D eigenvalue weighted by Gasteiger charge is -2.08. The van der Waals surface area contributed by atoms with Gasteiger partial charge in [0.25, 0.3) is 5.91 Å². The Morgan fingerprint density at radius 1 is 1.35 bits per heavy atom. The maximum absolute atomic E-state index is 12.2. The molecule has 2 rings (SSSR count). The van der Waals surface area contributed by atoms with Crippen LogP contribution in [0.1, 0.15) is 21.5 Å². The molecule has 1 aromatic heterocycles. The minimum Gasteiger partial charge on any atom is -0.384 e. The first-order valence-electron chi connectivity index (χ1n) is 6.01. The van der Waals surface area contributed by atoms with Crippen LogP contribution in [0.2, 0.25) is 0 Å². The van der Waals surface area contributed by atoms with Crippen LogP contribution >= 0.6 is 0 Å². The van der Waals surface area contributed by atoms with Crippen molar-refractivity contribution < 1.29 is 9.90 Å². The second kappa shape index (κ2) is 6.45. The average Bonchev–Trinajstić information content (AvgIpc) is 2.47. The van der Waals surface area contributed by atoms with Crippen molar-refractivity contribution in [3.8, 4) is 11.8 Å². The number of aliphatic hydroxyl groups excluding tert-OH is 1. The van der Waals surface area contributed by atoms with E-state index >= 15 is 0 Å². The highest BCUT2D eigenvalue weighted by atomic mass is 16.2. The molecule has 0 aliphatic rings. The zero-order chi connectivity index (χ0) is 14.4. The summed E-state index contributed by atoms with van der Waals surface area (Å²) in [6, 6.07) is 8.62. The van der Waals surface area contributed by atoms with Gasteiger partial charge in [0.15, 0.2) is 5.82 Å². The van der Waals surface area contributed by atoms with E-state index < -0.39 is 0 Å². The van der Waals surface area contributed by atoms with Gasteiger partial charge in [-0.05, 0) is 36.8 Å². The number of hydrogen-bond acceptors (Lipinski definition) is 4. The molecule has 5 heteroatoms. The van der Waals surface area contributed by atoms with Crippen LogP contribution in [0.25, 0.3) is 0 Å². The normalized spacial score (nSPS) is 9.50. The molecule has 0 aliphatic heterocycles. The Hall–Kier alpha value is -2.71. The molecule has 0 atom stereocenters. The zero-order valence-corrected chi connectivity index (χ0v) is 10.9. The Morgan fingerprint density at radius 3 is 2.90 bits per heavy atom. The molecule has 0 bridgehead atoms. The fourth-order valence-corrected chi connectivity index (χ4v) is 1.70. The number of nitrogens with zero attached hydrogens (tertiary/aromatic N) is 2. The third kappa shape index (κ3) is 3.19. The number of amides is 1. The van der Waals surface area contributed by atoms with E-state index in [0.717, 1.165) is 5.56 Å². The van der Waals surface area contributed by atoms with E-state index in [1.807, 2.05) is 6.92 Å². The van der Waals surface area contributed by atoms with Crippen molar-refractivity contribution in [3.63, 3.8) is 0 Å². The van der Waals surface area contributed by atoms with Gasteiger partial charge in [0.1, 0.15) is 6.61 Å². The molecule has 2 N–H and O–H groups in total. The van der Waals surface area contributed by atoms with Gasteiger partial charge >= 0.3 is 0 Å². The number of nitrogens with one attached hydrogen (secondary N) is 1. The third-order valence-electron chi connectivity index (χ3n) is 2.69. The summed E-state index contributed by atoms with van der Waals surface area (Å²) in [7, 11) is 0. The lowest BCUT2D eigenvalue weighted by Crippen LogP contribution is -2.15. The first kappa shape index (κ1) is 13.7. The Labute approximate surface area is 116 Å². The topological polar surface area (TPSA) is 75.1 Å². The summed E-state index contributed by atoms with van der Waals surface area (Å²) in [5, 5.41) is 18.9. The summed E-state index contributed by atoms with van der Waals surface area (Å²) in [6.07, 6.45) is 1.53. The van der Waals surface area contributed by atoms with E-state index in [4.69, 9.17) is 5.11 Å². The van der Waals surface area contributed by atoms with Crippen LogP contribution in [0.3, 0.4) is 0 Å². The number of aliphatic hydroxyl groups is 1. The highest BCUT2D eigenvalue weighted by molar-refractivity contribution is 6.05. The number of carbonyl (C=O) groups is 1. The van der Waals surface area contributed by atoms with Crippen molar-refractivity contribution in [3.05, 3.63) is 53.2 Å². The van der Waals surface area contributed by atoms with Gasteiger partial charge in [-0.1, -0.05) is 17.9 Å². The van der Waals surface area contributed by atoms with Crippen molar-refractivity contribution >= 4 is 11.7 Å². The van der Waals surface area contributed by atoms with E-state index in [9.17, 15) is 4.79 Å². The number of hydrogen-bond donors (Lipinski definition) is 2. The molecule has 20 heavy (non-hydrogen) atoms. The first-order valence-corrected chi connectivity index (χ1v) is 6.01. The number of carbonyl (C=O) groups excluding carboxylic acids is 1. The molecule has 100 valence electrons. The predicted molar refractivity (Wildman–Crippen MR) is 75.1 cm³/mol. The molecule has 5 nitrogen and oxygen atoms in total. The van der Waals surface area contributed by atoms with Gasteiger partial charge in [-0.2, -0.15) is 5.10 Å². The molecule has 1 aromatic carbocycles. The molecule has 1 amide bonds. The van der Waals surface area contributed by atoms with Crippen LogP contribution < -0.4 is 5.32 Å². The minimum atomic E-state index is -0.268. The monoisotopic (exact) mass is 267 g/mol. The predicted octanol–water partition coefficient (Wildman–Crippen LogP) is 1.38. The Balaban J connectivity index is 2.26. The summed E-state index contributed by atoms with van der Waals surface area (Å²) in [4.78, 5) is 12.2. The van der Waals surface area contributed by atoms with Crippen molar-refractivity contribution in [2.45, 2.75) is 6.92 Å². The Morgan fingerprint density at radius 2 is 2.20 bits per heavy atom. The van der Waals surface area contributed by atoms with Crippen molar-refractivity contribution in [2.24, 2.45) is 0 Å². The van der Waals surface area contributed by atoms with E-state index in [1.165, 1.54) is 6.20 Å². The maximum Gasteiger partial charge on any atom is 0.257 e. The SMILES string of the molecule is Cc1c(C#CCO)cccc1C(=O)Nc1cccnn1. The van der Waals surface area contributed by atoms with Gasteiger partial charge in [-0.25, -0.2) is 0 Å². The number of benzene rings is 1. The van der Waals surface area contributed by atoms with E-state index in [-0.39, 0.29) is 12.5 Å². The van der Waals surface area contributed by atoms with Crippen LogP contribution in [0.15, 0.2) is 36.5 Å². The summed E-state index contributed by atoms with van der Waals surface area (Å²) >= 11 is 0. The summed E-state index contributed by atoms with van der Waals surface area (Å²) in [5.41, 5.74) is 1.99. The molecule has 0 fully saturated rings. The third-order valence-corrected chi connectivity index (χ3v) is 2.69. The van der Waals surface area contributed by atoms with Gasteiger partial charge in [-0.3, -0.25) is 4.79 Å². The van der Waals surface area contributed by atoms with Crippen molar-refractivity contribution in [1.29, 1.82) is 0 Å². The minimum absolute atomic E-state index is 0.213. The largest absolute Gasteiger partial charge is 0.384 e. The van der Waals surface area contributed by atoms with E-state index in [2.05, 4.69) is 27.4 Å². The zero-order valence-electron chi connectivity index (χ0n) is 10.9. The fraction of sp³-hybridized carbons (Fsp3) is 0.133. The fourth-order valence-electron chi connectivity index (χ4n) is 1.70. The van der Waals surface area contributed by atoms with Gasteiger partial charge < -0.3 is 10.4 Å². The Kier molecular flexibility index (Phi) is 4.43. The number of anilines is 1. The summed E-state index contributed by atoms with van der Waals surface area (Å²) in [5.74, 6) is 5.51. The first-order chi connectivity index (χ1) is 9.72.